The van der Waals surface area contributed by atoms with Gasteiger partial charge in [-0.3, -0.25) is 0 Å². The van der Waals surface area contributed by atoms with Crippen LogP contribution in [0.1, 0.15) is 38.3 Å². The average molecular weight is 297 g/mol. The second-order valence-corrected chi connectivity index (χ2v) is 5.09. The van der Waals surface area contributed by atoms with Gasteiger partial charge in [0.25, 0.3) is 0 Å². The molecule has 120 valence electrons. The first kappa shape index (κ1) is 17.8. The molecule has 0 aliphatic heterocycles. The van der Waals surface area contributed by atoms with Crippen molar-refractivity contribution in [1.29, 1.82) is 0 Å². The molecular formula is C16H27NO4. The highest BCUT2D eigenvalue weighted by atomic mass is 16.5. The van der Waals surface area contributed by atoms with E-state index in [4.69, 9.17) is 19.9 Å². The van der Waals surface area contributed by atoms with Crippen molar-refractivity contribution >= 4 is 0 Å². The fraction of sp³-hybridized carbons (Fsp3) is 0.625. The van der Waals surface area contributed by atoms with Gasteiger partial charge in [-0.25, -0.2) is 0 Å². The summed E-state index contributed by atoms with van der Waals surface area (Å²) in [6.07, 6.45) is 1.43. The summed E-state index contributed by atoms with van der Waals surface area (Å²) in [4.78, 5) is 0. The molecule has 1 aromatic rings. The second-order valence-electron chi connectivity index (χ2n) is 5.09. The summed E-state index contributed by atoms with van der Waals surface area (Å²) < 4.78 is 16.2. The molecule has 0 fully saturated rings. The van der Waals surface area contributed by atoms with Gasteiger partial charge in [0.05, 0.1) is 13.7 Å². The number of aliphatic hydroxyl groups is 1. The smallest absolute Gasteiger partial charge is 0.161 e. The van der Waals surface area contributed by atoms with E-state index in [0.29, 0.717) is 18.1 Å². The number of benzene rings is 1. The maximum absolute atomic E-state index is 9.81. The zero-order valence-electron chi connectivity index (χ0n) is 13.2. The van der Waals surface area contributed by atoms with E-state index < -0.39 is 6.10 Å². The van der Waals surface area contributed by atoms with E-state index in [1.807, 2.05) is 25.1 Å². The number of hydrogen-bond donors (Lipinski definition) is 2. The number of ether oxygens (including phenoxy) is 3. The van der Waals surface area contributed by atoms with E-state index in [-0.39, 0.29) is 19.3 Å². The van der Waals surface area contributed by atoms with E-state index in [0.717, 1.165) is 18.4 Å². The monoisotopic (exact) mass is 297 g/mol. The third kappa shape index (κ3) is 6.33. The Kier molecular flexibility index (Phi) is 8.12. The van der Waals surface area contributed by atoms with Crippen LogP contribution in [0.5, 0.6) is 11.5 Å². The van der Waals surface area contributed by atoms with Gasteiger partial charge in [-0.05, 0) is 31.0 Å². The van der Waals surface area contributed by atoms with E-state index >= 15 is 0 Å². The van der Waals surface area contributed by atoms with Crippen LogP contribution in [0.3, 0.4) is 0 Å². The van der Waals surface area contributed by atoms with Crippen molar-refractivity contribution in [2.45, 2.75) is 38.8 Å². The lowest BCUT2D eigenvalue weighted by molar-refractivity contribution is 0.0108. The molecule has 0 saturated carbocycles. The Bertz CT molecular complexity index is 409. The van der Waals surface area contributed by atoms with E-state index in [2.05, 4.69) is 6.92 Å². The Labute approximate surface area is 127 Å². The Morgan fingerprint density at radius 2 is 2.00 bits per heavy atom. The highest BCUT2D eigenvalue weighted by Crippen LogP contribution is 2.29. The van der Waals surface area contributed by atoms with Crippen LogP contribution in [0.25, 0.3) is 0 Å². The fourth-order valence-electron chi connectivity index (χ4n) is 1.79. The third-order valence-electron chi connectivity index (χ3n) is 3.10. The first-order valence-corrected chi connectivity index (χ1v) is 7.40. The molecule has 5 nitrogen and oxygen atoms in total. The summed E-state index contributed by atoms with van der Waals surface area (Å²) >= 11 is 0. The number of methoxy groups -OCH3 is 1. The zero-order valence-corrected chi connectivity index (χ0v) is 13.2. The van der Waals surface area contributed by atoms with Gasteiger partial charge >= 0.3 is 0 Å². The number of unbranched alkanes of at least 4 members (excludes halogenated alkanes) is 1. The fourth-order valence-corrected chi connectivity index (χ4v) is 1.79. The molecule has 1 aromatic carbocycles. The molecule has 0 spiro atoms. The standard InChI is InChI=1S/C16H27NO4/c1-4-5-8-20-10-14(18)11-21-15-7-6-13(12(2)17)9-16(15)19-3/h6-7,9,12,14,18H,4-5,8,10-11,17H2,1-3H3. The number of hydrogen-bond acceptors (Lipinski definition) is 5. The first-order valence-electron chi connectivity index (χ1n) is 7.40. The van der Waals surface area contributed by atoms with Crippen LogP contribution < -0.4 is 15.2 Å². The Morgan fingerprint density at radius 1 is 1.24 bits per heavy atom. The summed E-state index contributed by atoms with van der Waals surface area (Å²) in [5.74, 6) is 1.21. The van der Waals surface area contributed by atoms with Crippen molar-refractivity contribution < 1.29 is 19.3 Å². The molecule has 2 atom stereocenters. The molecule has 0 bridgehead atoms. The van der Waals surface area contributed by atoms with Crippen LogP contribution in [0, 0.1) is 0 Å². The summed E-state index contributed by atoms with van der Waals surface area (Å²) in [5, 5.41) is 9.81. The molecular weight excluding hydrogens is 270 g/mol. The number of aliphatic hydroxyl groups excluding tert-OH is 1. The maximum Gasteiger partial charge on any atom is 0.161 e. The highest BCUT2D eigenvalue weighted by Gasteiger charge is 2.11. The molecule has 0 aliphatic carbocycles. The van der Waals surface area contributed by atoms with Gasteiger partial charge in [-0.15, -0.1) is 0 Å². The van der Waals surface area contributed by atoms with E-state index in [9.17, 15) is 5.11 Å². The Hall–Kier alpha value is -1.30. The molecule has 2 unspecified atom stereocenters. The quantitative estimate of drug-likeness (QED) is 0.648. The normalized spacial score (nSPS) is 13.8. The van der Waals surface area contributed by atoms with Gasteiger partial charge in [0.2, 0.25) is 0 Å². The number of nitrogens with two attached hydrogens (primary N) is 1. The molecule has 0 aliphatic rings. The van der Waals surface area contributed by atoms with Gasteiger partial charge < -0.3 is 25.1 Å². The summed E-state index contributed by atoms with van der Waals surface area (Å²) in [6.45, 7) is 5.12. The molecule has 21 heavy (non-hydrogen) atoms. The van der Waals surface area contributed by atoms with Crippen molar-refractivity contribution in [1.82, 2.24) is 0 Å². The average Bonchev–Trinajstić information content (AvgIpc) is 2.49. The number of rotatable bonds is 10. The molecule has 1 rings (SSSR count). The molecule has 0 radical (unpaired) electrons. The third-order valence-corrected chi connectivity index (χ3v) is 3.10. The topological polar surface area (TPSA) is 73.9 Å². The highest BCUT2D eigenvalue weighted by molar-refractivity contribution is 5.43. The molecule has 0 aromatic heterocycles. The second kappa shape index (κ2) is 9.60. The van der Waals surface area contributed by atoms with Crippen molar-refractivity contribution in [3.8, 4) is 11.5 Å². The van der Waals surface area contributed by atoms with E-state index in [1.165, 1.54) is 0 Å². The van der Waals surface area contributed by atoms with Gasteiger partial charge in [-0.2, -0.15) is 0 Å². The van der Waals surface area contributed by atoms with Gasteiger partial charge in [0.1, 0.15) is 12.7 Å². The molecule has 5 heteroatoms. The van der Waals surface area contributed by atoms with Crippen LogP contribution in [0.2, 0.25) is 0 Å². The molecule has 0 amide bonds. The molecule has 3 N–H and O–H groups in total. The van der Waals surface area contributed by atoms with Gasteiger partial charge in [0, 0.05) is 12.6 Å². The van der Waals surface area contributed by atoms with Crippen molar-refractivity contribution in [3.63, 3.8) is 0 Å². The lowest BCUT2D eigenvalue weighted by Gasteiger charge is -2.16. The summed E-state index contributed by atoms with van der Waals surface area (Å²) in [5.41, 5.74) is 6.81. The van der Waals surface area contributed by atoms with Crippen LogP contribution >= 0.6 is 0 Å². The minimum atomic E-state index is -0.653. The maximum atomic E-state index is 9.81. The molecule has 0 heterocycles. The van der Waals surface area contributed by atoms with Crippen molar-refractivity contribution in [2.24, 2.45) is 5.73 Å². The lowest BCUT2D eigenvalue weighted by atomic mass is 10.1. The van der Waals surface area contributed by atoms with Crippen LogP contribution in [0.15, 0.2) is 18.2 Å². The van der Waals surface area contributed by atoms with E-state index in [1.54, 1.807) is 7.11 Å². The minimum Gasteiger partial charge on any atom is -0.493 e. The predicted molar refractivity (Wildman–Crippen MR) is 82.8 cm³/mol. The van der Waals surface area contributed by atoms with Crippen LogP contribution in [-0.2, 0) is 4.74 Å². The van der Waals surface area contributed by atoms with Crippen LogP contribution in [-0.4, -0.2) is 38.1 Å². The van der Waals surface area contributed by atoms with Gasteiger partial charge in [-0.1, -0.05) is 19.4 Å². The summed E-state index contributed by atoms with van der Waals surface area (Å²) in [6, 6.07) is 5.49. The zero-order chi connectivity index (χ0) is 15.7. The largest absolute Gasteiger partial charge is 0.493 e. The van der Waals surface area contributed by atoms with Crippen molar-refractivity contribution in [3.05, 3.63) is 23.8 Å². The van der Waals surface area contributed by atoms with Crippen molar-refractivity contribution in [2.75, 3.05) is 26.9 Å². The Balaban J connectivity index is 2.47. The van der Waals surface area contributed by atoms with Gasteiger partial charge in [0.15, 0.2) is 11.5 Å². The van der Waals surface area contributed by atoms with Crippen LogP contribution in [0.4, 0.5) is 0 Å². The molecule has 0 saturated heterocycles. The predicted octanol–water partition coefficient (Wildman–Crippen LogP) is 2.27. The Morgan fingerprint density at radius 3 is 2.62 bits per heavy atom. The first-order chi connectivity index (χ1) is 10.1. The SMILES string of the molecule is CCCCOCC(O)COc1ccc(C(C)N)cc1OC. The summed E-state index contributed by atoms with van der Waals surface area (Å²) in [7, 11) is 1.58. The lowest BCUT2D eigenvalue weighted by Crippen LogP contribution is -2.23. The minimum absolute atomic E-state index is 0.0643.